The van der Waals surface area contributed by atoms with E-state index in [4.69, 9.17) is 4.74 Å². The lowest BCUT2D eigenvalue weighted by molar-refractivity contribution is -0.218. The van der Waals surface area contributed by atoms with Crippen LogP contribution in [0.3, 0.4) is 0 Å². The van der Waals surface area contributed by atoms with E-state index in [1.807, 2.05) is 19.1 Å². The number of amides is 1. The van der Waals surface area contributed by atoms with E-state index in [9.17, 15) is 14.4 Å². The van der Waals surface area contributed by atoms with Crippen LogP contribution < -0.4 is 5.32 Å². The van der Waals surface area contributed by atoms with Crippen LogP contribution in [0.1, 0.15) is 46.0 Å². The van der Waals surface area contributed by atoms with Crippen LogP contribution in [0.4, 0.5) is 0 Å². The number of esters is 1. The largest absolute Gasteiger partial charge is 0.453 e. The summed E-state index contributed by atoms with van der Waals surface area (Å²) in [4.78, 5) is 37.3. The summed E-state index contributed by atoms with van der Waals surface area (Å²) in [5, 5.41) is 2.69. The highest BCUT2D eigenvalue weighted by Gasteiger charge is 2.79. The van der Waals surface area contributed by atoms with Gasteiger partial charge in [-0.1, -0.05) is 25.5 Å². The highest BCUT2D eigenvalue weighted by Crippen LogP contribution is 2.52. The molecule has 0 saturated carbocycles. The fraction of sp³-hybridized carbons (Fsp3) is 0.688. The first-order valence-electron chi connectivity index (χ1n) is 7.74. The predicted molar refractivity (Wildman–Crippen MR) is 75.3 cm³/mol. The molecule has 2 fully saturated rings. The molecule has 5 heteroatoms. The third-order valence-electron chi connectivity index (χ3n) is 5.19. The number of hydrogen-bond donors (Lipinski definition) is 1. The lowest BCUT2D eigenvalue weighted by Crippen LogP contribution is -2.78. The average Bonchev–Trinajstić information content (AvgIpc) is 2.65. The standard InChI is InChI=1S/C16H21NO4/c1-3-7-11-13(19)17-16(14(20)21-15(11,16)2)12(18)10-8-5-4-6-9-10/h5,8,10-11H,3-4,6-7,9H2,1-2H3,(H,17,19)/t10?,11?,15-,16?/m0/s1. The maximum absolute atomic E-state index is 12.9. The first kappa shape index (κ1) is 14.3. The summed E-state index contributed by atoms with van der Waals surface area (Å²) in [6.07, 6.45) is 7.89. The molecule has 0 aromatic rings. The Bertz CT molecular complexity index is 540. The first-order chi connectivity index (χ1) is 9.97. The summed E-state index contributed by atoms with van der Waals surface area (Å²) in [5.74, 6) is -1.77. The fourth-order valence-corrected chi connectivity index (χ4v) is 3.94. The van der Waals surface area contributed by atoms with Crippen LogP contribution in [0, 0.1) is 11.8 Å². The molecular weight excluding hydrogens is 270 g/mol. The molecule has 2 heterocycles. The molecule has 21 heavy (non-hydrogen) atoms. The fourth-order valence-electron chi connectivity index (χ4n) is 3.94. The second-order valence-corrected chi connectivity index (χ2v) is 6.41. The summed E-state index contributed by atoms with van der Waals surface area (Å²) in [5.41, 5.74) is -2.49. The van der Waals surface area contributed by atoms with E-state index < -0.39 is 23.0 Å². The Morgan fingerprint density at radius 1 is 1.48 bits per heavy atom. The molecule has 3 rings (SSSR count). The quantitative estimate of drug-likeness (QED) is 0.484. The zero-order valence-electron chi connectivity index (χ0n) is 12.5. The van der Waals surface area contributed by atoms with E-state index in [1.54, 1.807) is 6.92 Å². The minimum absolute atomic E-state index is 0.204. The average molecular weight is 291 g/mol. The third-order valence-corrected chi connectivity index (χ3v) is 5.19. The van der Waals surface area contributed by atoms with E-state index in [2.05, 4.69) is 5.32 Å². The zero-order chi connectivity index (χ0) is 15.3. The highest BCUT2D eigenvalue weighted by atomic mass is 16.6. The van der Waals surface area contributed by atoms with Crippen molar-refractivity contribution in [3.8, 4) is 0 Å². The molecule has 3 aliphatic rings. The molecule has 1 aliphatic carbocycles. The molecular formula is C16H21NO4. The van der Waals surface area contributed by atoms with Crippen LogP contribution in [0.5, 0.6) is 0 Å². The van der Waals surface area contributed by atoms with E-state index >= 15 is 0 Å². The summed E-state index contributed by atoms with van der Waals surface area (Å²) in [6, 6.07) is 0. The zero-order valence-corrected chi connectivity index (χ0v) is 12.5. The molecule has 0 radical (unpaired) electrons. The van der Waals surface area contributed by atoms with Gasteiger partial charge in [-0.3, -0.25) is 9.59 Å². The van der Waals surface area contributed by atoms with Crippen molar-refractivity contribution in [3.05, 3.63) is 12.2 Å². The van der Waals surface area contributed by atoms with Gasteiger partial charge >= 0.3 is 5.97 Å². The van der Waals surface area contributed by atoms with Crippen molar-refractivity contribution in [2.24, 2.45) is 11.8 Å². The van der Waals surface area contributed by atoms with Gasteiger partial charge in [-0.05, 0) is 32.6 Å². The highest BCUT2D eigenvalue weighted by molar-refractivity contribution is 6.20. The van der Waals surface area contributed by atoms with Gasteiger partial charge in [0.05, 0.1) is 5.92 Å². The van der Waals surface area contributed by atoms with Crippen molar-refractivity contribution in [1.29, 1.82) is 0 Å². The van der Waals surface area contributed by atoms with Gasteiger partial charge in [0.15, 0.2) is 11.4 Å². The van der Waals surface area contributed by atoms with Gasteiger partial charge in [0.25, 0.3) is 0 Å². The van der Waals surface area contributed by atoms with Crippen molar-refractivity contribution < 1.29 is 19.1 Å². The molecule has 3 unspecified atom stereocenters. The summed E-state index contributed by atoms with van der Waals surface area (Å²) in [6.45, 7) is 3.69. The Hall–Kier alpha value is -1.65. The maximum atomic E-state index is 12.9. The van der Waals surface area contributed by atoms with Gasteiger partial charge in [0.2, 0.25) is 11.4 Å². The van der Waals surface area contributed by atoms with Crippen molar-refractivity contribution in [1.82, 2.24) is 5.32 Å². The first-order valence-corrected chi connectivity index (χ1v) is 7.74. The number of carbonyl (C=O) groups excluding carboxylic acids is 3. The molecule has 4 atom stereocenters. The number of hydrogen-bond acceptors (Lipinski definition) is 4. The van der Waals surface area contributed by atoms with E-state index in [0.717, 1.165) is 25.7 Å². The Morgan fingerprint density at radius 3 is 2.81 bits per heavy atom. The van der Waals surface area contributed by atoms with Gasteiger partial charge in [-0.25, -0.2) is 4.79 Å². The number of rotatable bonds is 4. The Morgan fingerprint density at radius 2 is 2.24 bits per heavy atom. The van der Waals surface area contributed by atoms with Crippen molar-refractivity contribution in [2.75, 3.05) is 0 Å². The van der Waals surface area contributed by atoms with E-state index in [1.165, 1.54) is 0 Å². The predicted octanol–water partition coefficient (Wildman–Crippen LogP) is 1.51. The lowest BCUT2D eigenvalue weighted by Gasteiger charge is -2.51. The second-order valence-electron chi connectivity index (χ2n) is 6.41. The number of carbonyl (C=O) groups is 3. The lowest BCUT2D eigenvalue weighted by atomic mass is 9.65. The number of ketones is 1. The van der Waals surface area contributed by atoms with Gasteiger partial charge in [0, 0.05) is 5.92 Å². The van der Waals surface area contributed by atoms with Crippen molar-refractivity contribution >= 4 is 17.7 Å². The molecule has 1 N–H and O–H groups in total. The van der Waals surface area contributed by atoms with Gasteiger partial charge in [-0.2, -0.15) is 0 Å². The minimum atomic E-state index is -1.46. The molecule has 0 spiro atoms. The van der Waals surface area contributed by atoms with Crippen LogP contribution in [0.15, 0.2) is 12.2 Å². The van der Waals surface area contributed by atoms with Crippen LogP contribution in [-0.2, 0) is 19.1 Å². The molecule has 114 valence electrons. The molecule has 1 amide bonds. The normalized spacial score (nSPS) is 41.0. The van der Waals surface area contributed by atoms with E-state index in [0.29, 0.717) is 6.42 Å². The van der Waals surface area contributed by atoms with Gasteiger partial charge in [-0.15, -0.1) is 0 Å². The molecule has 2 saturated heterocycles. The van der Waals surface area contributed by atoms with Crippen LogP contribution in [0.25, 0.3) is 0 Å². The molecule has 0 aromatic heterocycles. The van der Waals surface area contributed by atoms with Crippen LogP contribution in [-0.4, -0.2) is 28.8 Å². The number of Topliss-reactive ketones (excluding diaryl/α,β-unsaturated/α-hetero) is 1. The molecule has 0 aromatic carbocycles. The number of fused-ring (bicyclic) bond motifs is 1. The van der Waals surface area contributed by atoms with E-state index in [-0.39, 0.29) is 17.6 Å². The maximum Gasteiger partial charge on any atom is 0.344 e. The third kappa shape index (κ3) is 1.66. The minimum Gasteiger partial charge on any atom is -0.453 e. The number of nitrogens with one attached hydrogen (secondary N) is 1. The number of ether oxygens (including phenoxy) is 1. The smallest absolute Gasteiger partial charge is 0.344 e. The van der Waals surface area contributed by atoms with Gasteiger partial charge < -0.3 is 10.1 Å². The van der Waals surface area contributed by atoms with Crippen molar-refractivity contribution in [2.45, 2.75) is 57.1 Å². The molecule has 0 bridgehead atoms. The summed E-state index contributed by atoms with van der Waals surface area (Å²) >= 11 is 0. The Labute approximate surface area is 124 Å². The van der Waals surface area contributed by atoms with Crippen molar-refractivity contribution in [3.63, 3.8) is 0 Å². The molecule has 5 nitrogen and oxygen atoms in total. The number of allylic oxidation sites excluding steroid dienone is 2. The Kier molecular flexibility index (Phi) is 3.19. The summed E-state index contributed by atoms with van der Waals surface area (Å²) < 4.78 is 5.33. The summed E-state index contributed by atoms with van der Waals surface area (Å²) in [7, 11) is 0. The SMILES string of the molecule is CCCC1C(=O)NC2(C(=O)C3C=CCCC3)C(=O)O[C@@]12C. The second kappa shape index (κ2) is 4.68. The van der Waals surface area contributed by atoms with Gasteiger partial charge in [0.1, 0.15) is 0 Å². The monoisotopic (exact) mass is 291 g/mol. The topological polar surface area (TPSA) is 72.5 Å². The van der Waals surface area contributed by atoms with Crippen LogP contribution >= 0.6 is 0 Å². The van der Waals surface area contributed by atoms with Crippen LogP contribution in [0.2, 0.25) is 0 Å². The molecule has 2 aliphatic heterocycles. The Balaban J connectivity index is 1.96.